The van der Waals surface area contributed by atoms with E-state index in [1.54, 1.807) is 12.1 Å². The molecule has 1 atom stereocenters. The fourth-order valence-electron chi connectivity index (χ4n) is 2.27. The van der Waals surface area contributed by atoms with E-state index in [-0.39, 0.29) is 28.9 Å². The van der Waals surface area contributed by atoms with Gasteiger partial charge in [0.1, 0.15) is 17.7 Å². The quantitative estimate of drug-likeness (QED) is 0.677. The van der Waals surface area contributed by atoms with Crippen molar-refractivity contribution in [2.45, 2.75) is 6.10 Å². The lowest BCUT2D eigenvalue weighted by atomic mass is 10.2. The topological polar surface area (TPSA) is 90.7 Å². The molecular formula is C16H13ClN2O5. The number of hydrogen-bond donors (Lipinski definition) is 1. The molecule has 1 N–H and O–H groups in total. The van der Waals surface area contributed by atoms with Gasteiger partial charge >= 0.3 is 0 Å². The standard InChI is InChI=1S/C16H13ClN2O5/c17-12-6-5-10(7-13(12)19(21)22)16(20)18-8-11-9-23-14-3-1-2-4-15(14)24-11/h1-7,11H,8-9H2,(H,18,20). The molecule has 1 amide bonds. The summed E-state index contributed by atoms with van der Waals surface area (Å²) in [6, 6.07) is 11.2. The van der Waals surface area contributed by atoms with Gasteiger partial charge in [-0.3, -0.25) is 14.9 Å². The molecule has 7 nitrogen and oxygen atoms in total. The van der Waals surface area contributed by atoms with Crippen molar-refractivity contribution in [3.63, 3.8) is 0 Å². The fourth-order valence-corrected chi connectivity index (χ4v) is 2.45. The highest BCUT2D eigenvalue weighted by Crippen LogP contribution is 2.30. The van der Waals surface area contributed by atoms with E-state index in [0.29, 0.717) is 18.1 Å². The molecule has 124 valence electrons. The Hall–Kier alpha value is -2.80. The van der Waals surface area contributed by atoms with Crippen LogP contribution >= 0.6 is 11.6 Å². The molecule has 0 radical (unpaired) electrons. The molecule has 0 fully saturated rings. The van der Waals surface area contributed by atoms with Crippen molar-refractivity contribution in [2.75, 3.05) is 13.2 Å². The molecule has 1 aliphatic rings. The Balaban J connectivity index is 1.62. The van der Waals surface area contributed by atoms with Crippen LogP contribution in [0, 0.1) is 10.1 Å². The first-order valence-corrected chi connectivity index (χ1v) is 7.53. The highest BCUT2D eigenvalue weighted by molar-refractivity contribution is 6.32. The van der Waals surface area contributed by atoms with Crippen molar-refractivity contribution >= 4 is 23.2 Å². The van der Waals surface area contributed by atoms with Gasteiger partial charge in [-0.2, -0.15) is 0 Å². The Kier molecular flexibility index (Phi) is 4.52. The molecule has 2 aromatic carbocycles. The summed E-state index contributed by atoms with van der Waals surface area (Å²) in [5, 5.41) is 13.5. The predicted octanol–water partition coefficient (Wildman–Crippen LogP) is 2.82. The maximum absolute atomic E-state index is 12.1. The summed E-state index contributed by atoms with van der Waals surface area (Å²) < 4.78 is 11.3. The first-order valence-electron chi connectivity index (χ1n) is 7.15. The lowest BCUT2D eigenvalue weighted by molar-refractivity contribution is -0.384. The van der Waals surface area contributed by atoms with Gasteiger partial charge in [0.05, 0.1) is 11.5 Å². The molecule has 0 bridgehead atoms. The summed E-state index contributed by atoms with van der Waals surface area (Å²) in [4.78, 5) is 22.4. The van der Waals surface area contributed by atoms with E-state index in [2.05, 4.69) is 5.32 Å². The number of nitro groups is 1. The first-order chi connectivity index (χ1) is 11.5. The van der Waals surface area contributed by atoms with Gasteiger partial charge in [-0.1, -0.05) is 23.7 Å². The van der Waals surface area contributed by atoms with Crippen LogP contribution in [-0.4, -0.2) is 30.1 Å². The third-order valence-corrected chi connectivity index (χ3v) is 3.78. The van der Waals surface area contributed by atoms with E-state index in [1.165, 1.54) is 12.1 Å². The van der Waals surface area contributed by atoms with Gasteiger partial charge in [0.15, 0.2) is 11.5 Å². The molecule has 0 saturated carbocycles. The minimum absolute atomic E-state index is 0.0165. The van der Waals surface area contributed by atoms with E-state index in [0.717, 1.165) is 6.07 Å². The number of para-hydroxylation sites is 2. The van der Waals surface area contributed by atoms with E-state index >= 15 is 0 Å². The van der Waals surface area contributed by atoms with Crippen molar-refractivity contribution < 1.29 is 19.2 Å². The van der Waals surface area contributed by atoms with Gasteiger partial charge in [0, 0.05) is 11.6 Å². The van der Waals surface area contributed by atoms with E-state index < -0.39 is 10.8 Å². The minimum atomic E-state index is -0.631. The lowest BCUT2D eigenvalue weighted by Crippen LogP contribution is -2.40. The molecule has 0 spiro atoms. The van der Waals surface area contributed by atoms with Crippen molar-refractivity contribution in [1.29, 1.82) is 0 Å². The average Bonchev–Trinajstić information content (AvgIpc) is 2.59. The van der Waals surface area contributed by atoms with E-state index in [4.69, 9.17) is 21.1 Å². The van der Waals surface area contributed by atoms with Gasteiger partial charge in [-0.25, -0.2) is 0 Å². The van der Waals surface area contributed by atoms with Gasteiger partial charge in [0.2, 0.25) is 0 Å². The summed E-state index contributed by atoms with van der Waals surface area (Å²) in [5.74, 6) is 0.829. The van der Waals surface area contributed by atoms with Crippen LogP contribution in [0.15, 0.2) is 42.5 Å². The van der Waals surface area contributed by atoms with Crippen molar-refractivity contribution in [3.8, 4) is 11.5 Å². The number of rotatable bonds is 4. The fraction of sp³-hybridized carbons (Fsp3) is 0.188. The molecular weight excluding hydrogens is 336 g/mol. The van der Waals surface area contributed by atoms with Crippen LogP contribution in [0.25, 0.3) is 0 Å². The Bertz CT molecular complexity index is 796. The number of nitrogens with one attached hydrogen (secondary N) is 1. The van der Waals surface area contributed by atoms with Gasteiger partial charge in [0.25, 0.3) is 11.6 Å². The first kappa shape index (κ1) is 16.1. The third kappa shape index (κ3) is 3.41. The maximum Gasteiger partial charge on any atom is 0.288 e. The number of amides is 1. The highest BCUT2D eigenvalue weighted by Gasteiger charge is 2.22. The van der Waals surface area contributed by atoms with Gasteiger partial charge in [-0.05, 0) is 24.3 Å². The Labute approximate surface area is 142 Å². The molecule has 0 aliphatic carbocycles. The number of nitrogens with zero attached hydrogens (tertiary/aromatic N) is 1. The van der Waals surface area contributed by atoms with E-state index in [1.807, 2.05) is 12.1 Å². The van der Waals surface area contributed by atoms with Crippen molar-refractivity contribution in [3.05, 3.63) is 63.2 Å². The second-order valence-electron chi connectivity index (χ2n) is 5.13. The van der Waals surface area contributed by atoms with E-state index in [9.17, 15) is 14.9 Å². The number of hydrogen-bond acceptors (Lipinski definition) is 5. The molecule has 2 aromatic rings. The summed E-state index contributed by atoms with van der Waals surface area (Å²) in [7, 11) is 0. The van der Waals surface area contributed by atoms with Gasteiger partial charge in [-0.15, -0.1) is 0 Å². The maximum atomic E-state index is 12.1. The number of fused-ring (bicyclic) bond motifs is 1. The zero-order valence-corrected chi connectivity index (χ0v) is 13.2. The van der Waals surface area contributed by atoms with Crippen molar-refractivity contribution in [2.24, 2.45) is 0 Å². The summed E-state index contributed by atoms with van der Waals surface area (Å²) >= 11 is 5.73. The highest BCUT2D eigenvalue weighted by atomic mass is 35.5. The Morgan fingerprint density at radius 3 is 2.79 bits per heavy atom. The van der Waals surface area contributed by atoms with Crippen LogP contribution in [0.1, 0.15) is 10.4 Å². The number of carbonyl (C=O) groups excluding carboxylic acids is 1. The predicted molar refractivity (Wildman–Crippen MR) is 86.8 cm³/mol. The van der Waals surface area contributed by atoms with Gasteiger partial charge < -0.3 is 14.8 Å². The lowest BCUT2D eigenvalue weighted by Gasteiger charge is -2.26. The zero-order chi connectivity index (χ0) is 17.1. The number of carbonyl (C=O) groups is 1. The second-order valence-corrected chi connectivity index (χ2v) is 5.54. The molecule has 1 heterocycles. The van der Waals surface area contributed by atoms with Crippen LogP contribution in [0.5, 0.6) is 11.5 Å². The van der Waals surface area contributed by atoms with Crippen LogP contribution in [0.3, 0.4) is 0 Å². The monoisotopic (exact) mass is 348 g/mol. The number of benzene rings is 2. The molecule has 3 rings (SSSR count). The molecule has 0 aromatic heterocycles. The summed E-state index contributed by atoms with van der Waals surface area (Å²) in [6.45, 7) is 0.516. The minimum Gasteiger partial charge on any atom is -0.486 e. The molecule has 8 heteroatoms. The molecule has 0 saturated heterocycles. The number of ether oxygens (including phenoxy) is 2. The summed E-state index contributed by atoms with van der Waals surface area (Å²) in [5.41, 5.74) is -0.154. The van der Waals surface area contributed by atoms with Crippen LogP contribution < -0.4 is 14.8 Å². The molecule has 1 aliphatic heterocycles. The normalized spacial score (nSPS) is 15.6. The third-order valence-electron chi connectivity index (χ3n) is 3.46. The Morgan fingerprint density at radius 1 is 1.29 bits per heavy atom. The number of halogens is 1. The zero-order valence-electron chi connectivity index (χ0n) is 12.4. The Morgan fingerprint density at radius 2 is 2.04 bits per heavy atom. The van der Waals surface area contributed by atoms with Crippen LogP contribution in [0.4, 0.5) is 5.69 Å². The van der Waals surface area contributed by atoms with Crippen LogP contribution in [-0.2, 0) is 0 Å². The molecule has 24 heavy (non-hydrogen) atoms. The van der Waals surface area contributed by atoms with Crippen molar-refractivity contribution in [1.82, 2.24) is 5.32 Å². The summed E-state index contributed by atoms with van der Waals surface area (Å²) in [6.07, 6.45) is -0.342. The average molecular weight is 349 g/mol. The van der Waals surface area contributed by atoms with Crippen LogP contribution in [0.2, 0.25) is 5.02 Å². The largest absolute Gasteiger partial charge is 0.486 e. The second kappa shape index (κ2) is 6.76. The smallest absolute Gasteiger partial charge is 0.288 e. The number of nitro benzene ring substituents is 1. The molecule has 1 unspecified atom stereocenters. The SMILES string of the molecule is O=C(NCC1COc2ccccc2O1)c1ccc(Cl)c([N+](=O)[O-])c1.